The first-order chi connectivity index (χ1) is 10.1. The molecular weight excluding hydrogens is 272 g/mol. The minimum absolute atomic E-state index is 0.209. The van der Waals surface area contributed by atoms with Gasteiger partial charge in [0.05, 0.1) is 11.9 Å². The van der Waals surface area contributed by atoms with Crippen LogP contribution in [0.15, 0.2) is 12.4 Å². The number of hydrogen-bond acceptors (Lipinski definition) is 3. The van der Waals surface area contributed by atoms with Crippen molar-refractivity contribution >= 4 is 17.7 Å². The monoisotopic (exact) mass is 290 g/mol. The number of fused-ring (bicyclic) bond motifs is 5. The first kappa shape index (κ1) is 12.7. The van der Waals surface area contributed by atoms with Crippen molar-refractivity contribution in [1.29, 1.82) is 0 Å². The van der Waals surface area contributed by atoms with Crippen LogP contribution < -0.4 is 10.6 Å². The van der Waals surface area contributed by atoms with Crippen LogP contribution in [-0.2, 0) is 11.3 Å². The zero-order chi connectivity index (χ0) is 14.6. The normalized spacial score (nSPS) is 35.3. The Morgan fingerprint density at radius 1 is 1.33 bits per heavy atom. The Kier molecular flexibility index (Phi) is 2.70. The standard InChI is InChI=1S/C14H18N4O3/c19-10(20)6-18-5-9(4-15-18)16-14(21)17-13-11-7-1-2-8(3-7)12(11)13/h4-5,7-8,11-13H,1-3,6H2,(H,19,20)(H2,16,17,21). The van der Waals surface area contributed by atoms with E-state index in [1.165, 1.54) is 36.3 Å². The summed E-state index contributed by atoms with van der Waals surface area (Å²) in [5.41, 5.74) is 0.516. The highest BCUT2D eigenvalue weighted by Crippen LogP contribution is 2.65. The molecular formula is C14H18N4O3. The van der Waals surface area contributed by atoms with Gasteiger partial charge in [-0.1, -0.05) is 0 Å². The molecule has 7 nitrogen and oxygen atoms in total. The Balaban J connectivity index is 1.31. The van der Waals surface area contributed by atoms with Crippen LogP contribution in [0.5, 0.6) is 0 Å². The molecule has 112 valence electrons. The van der Waals surface area contributed by atoms with E-state index in [-0.39, 0.29) is 12.6 Å². The van der Waals surface area contributed by atoms with E-state index in [0.717, 1.165) is 11.8 Å². The van der Waals surface area contributed by atoms with Crippen LogP contribution in [0.4, 0.5) is 10.5 Å². The largest absolute Gasteiger partial charge is 0.480 e. The highest BCUT2D eigenvalue weighted by atomic mass is 16.4. The van der Waals surface area contributed by atoms with Crippen LogP contribution in [0, 0.1) is 23.7 Å². The summed E-state index contributed by atoms with van der Waals surface area (Å²) in [6, 6.07) is 0.119. The van der Waals surface area contributed by atoms with E-state index < -0.39 is 5.97 Å². The summed E-state index contributed by atoms with van der Waals surface area (Å²) in [5.74, 6) is 2.08. The van der Waals surface area contributed by atoms with E-state index in [0.29, 0.717) is 23.6 Å². The molecule has 1 aromatic heterocycles. The predicted octanol–water partition coefficient (Wildman–Crippen LogP) is 1.13. The Morgan fingerprint density at radius 3 is 2.71 bits per heavy atom. The average molecular weight is 290 g/mol. The molecule has 7 heteroatoms. The van der Waals surface area contributed by atoms with Crippen LogP contribution >= 0.6 is 0 Å². The minimum atomic E-state index is -0.963. The number of carboxylic acids is 1. The molecule has 3 aliphatic carbocycles. The van der Waals surface area contributed by atoms with Crippen molar-refractivity contribution in [3.8, 4) is 0 Å². The minimum Gasteiger partial charge on any atom is -0.480 e. The van der Waals surface area contributed by atoms with Crippen LogP contribution in [-0.4, -0.2) is 32.9 Å². The molecule has 2 amide bonds. The Morgan fingerprint density at radius 2 is 2.05 bits per heavy atom. The summed E-state index contributed by atoms with van der Waals surface area (Å²) in [6.07, 6.45) is 6.99. The maximum Gasteiger partial charge on any atom is 0.325 e. The Hall–Kier alpha value is -2.05. The smallest absolute Gasteiger partial charge is 0.325 e. The van der Waals surface area contributed by atoms with Gasteiger partial charge in [0.25, 0.3) is 0 Å². The van der Waals surface area contributed by atoms with Gasteiger partial charge in [0.2, 0.25) is 0 Å². The van der Waals surface area contributed by atoms with Crippen molar-refractivity contribution in [2.75, 3.05) is 5.32 Å². The molecule has 0 aromatic carbocycles. The van der Waals surface area contributed by atoms with Gasteiger partial charge in [-0.15, -0.1) is 0 Å². The van der Waals surface area contributed by atoms with Crippen LogP contribution in [0.1, 0.15) is 19.3 Å². The number of nitrogens with one attached hydrogen (secondary N) is 2. The maximum atomic E-state index is 12.0. The number of carboxylic acid groups (broad SMARTS) is 1. The summed E-state index contributed by atoms with van der Waals surface area (Å²) in [5, 5.41) is 18.3. The molecule has 2 bridgehead atoms. The number of urea groups is 1. The highest BCUT2D eigenvalue weighted by Gasteiger charge is 2.65. The molecule has 3 aliphatic rings. The van der Waals surface area contributed by atoms with Crippen molar-refractivity contribution in [3.05, 3.63) is 12.4 Å². The number of carbonyl (C=O) groups is 2. The van der Waals surface area contributed by atoms with E-state index >= 15 is 0 Å². The van der Waals surface area contributed by atoms with Gasteiger partial charge < -0.3 is 15.7 Å². The van der Waals surface area contributed by atoms with Gasteiger partial charge in [0.1, 0.15) is 6.54 Å². The SMILES string of the molecule is O=C(O)Cn1cc(NC(=O)NC2C3C4CCC(C4)C23)cn1. The second kappa shape index (κ2) is 4.47. The van der Waals surface area contributed by atoms with Crippen molar-refractivity contribution in [3.63, 3.8) is 0 Å². The molecule has 4 atom stereocenters. The molecule has 21 heavy (non-hydrogen) atoms. The summed E-state index contributed by atoms with van der Waals surface area (Å²) in [6.45, 7) is -0.209. The number of nitrogens with zero attached hydrogens (tertiary/aromatic N) is 2. The van der Waals surface area contributed by atoms with Gasteiger partial charge in [-0.2, -0.15) is 5.10 Å². The lowest BCUT2D eigenvalue weighted by atomic mass is 10.0. The van der Waals surface area contributed by atoms with E-state index in [1.807, 2.05) is 0 Å². The lowest BCUT2D eigenvalue weighted by Crippen LogP contribution is -2.33. The van der Waals surface area contributed by atoms with Gasteiger partial charge in [-0.3, -0.25) is 9.48 Å². The molecule has 3 saturated carbocycles. The molecule has 1 aromatic rings. The van der Waals surface area contributed by atoms with E-state index in [9.17, 15) is 9.59 Å². The zero-order valence-corrected chi connectivity index (χ0v) is 11.5. The van der Waals surface area contributed by atoms with Gasteiger partial charge >= 0.3 is 12.0 Å². The van der Waals surface area contributed by atoms with Gasteiger partial charge in [0, 0.05) is 12.2 Å². The summed E-state index contributed by atoms with van der Waals surface area (Å²) in [7, 11) is 0. The number of aromatic nitrogens is 2. The predicted molar refractivity (Wildman–Crippen MR) is 73.6 cm³/mol. The first-order valence-electron chi connectivity index (χ1n) is 7.43. The fourth-order valence-electron chi connectivity index (χ4n) is 4.49. The first-order valence-corrected chi connectivity index (χ1v) is 7.43. The molecule has 3 N–H and O–H groups in total. The number of carbonyl (C=O) groups excluding carboxylic acids is 1. The molecule has 1 heterocycles. The van der Waals surface area contributed by atoms with Crippen LogP contribution in [0.2, 0.25) is 0 Å². The quantitative estimate of drug-likeness (QED) is 0.774. The molecule has 0 radical (unpaired) electrons. The number of anilines is 1. The Labute approximate surface area is 121 Å². The molecule has 0 aliphatic heterocycles. The highest BCUT2D eigenvalue weighted by molar-refractivity contribution is 5.89. The van der Waals surface area contributed by atoms with E-state index in [2.05, 4.69) is 15.7 Å². The van der Waals surface area contributed by atoms with Gasteiger partial charge in [0.15, 0.2) is 0 Å². The molecule has 4 unspecified atom stereocenters. The van der Waals surface area contributed by atoms with Crippen molar-refractivity contribution in [2.24, 2.45) is 23.7 Å². The lowest BCUT2D eigenvalue weighted by Gasteiger charge is -2.10. The molecule has 3 fully saturated rings. The molecule has 0 saturated heterocycles. The van der Waals surface area contributed by atoms with Crippen molar-refractivity contribution in [1.82, 2.24) is 15.1 Å². The Bertz CT molecular complexity index is 583. The third kappa shape index (κ3) is 2.16. The van der Waals surface area contributed by atoms with Crippen molar-refractivity contribution < 1.29 is 14.7 Å². The number of amides is 2. The third-order valence-electron chi connectivity index (χ3n) is 5.22. The third-order valence-corrected chi connectivity index (χ3v) is 5.22. The summed E-state index contributed by atoms with van der Waals surface area (Å²) in [4.78, 5) is 22.6. The second-order valence-corrected chi connectivity index (χ2v) is 6.43. The van der Waals surface area contributed by atoms with Gasteiger partial charge in [-0.05, 0) is 42.9 Å². The van der Waals surface area contributed by atoms with E-state index in [4.69, 9.17) is 5.11 Å². The van der Waals surface area contributed by atoms with Crippen LogP contribution in [0.25, 0.3) is 0 Å². The average Bonchev–Trinajstić information content (AvgIpc) is 2.83. The topological polar surface area (TPSA) is 96.2 Å². The lowest BCUT2D eigenvalue weighted by molar-refractivity contribution is -0.137. The molecule has 4 rings (SSSR count). The maximum absolute atomic E-state index is 12.0. The molecule has 0 spiro atoms. The van der Waals surface area contributed by atoms with E-state index in [1.54, 1.807) is 0 Å². The fourth-order valence-corrected chi connectivity index (χ4v) is 4.49. The summed E-state index contributed by atoms with van der Waals surface area (Å²) < 4.78 is 1.28. The number of rotatable bonds is 4. The van der Waals surface area contributed by atoms with Crippen molar-refractivity contribution in [2.45, 2.75) is 31.8 Å². The fraction of sp³-hybridized carbons (Fsp3) is 0.643. The number of aliphatic carboxylic acids is 1. The summed E-state index contributed by atoms with van der Waals surface area (Å²) >= 11 is 0. The van der Waals surface area contributed by atoms with Crippen LogP contribution in [0.3, 0.4) is 0 Å². The number of hydrogen-bond donors (Lipinski definition) is 3. The zero-order valence-electron chi connectivity index (χ0n) is 11.5. The second-order valence-electron chi connectivity index (χ2n) is 6.43. The van der Waals surface area contributed by atoms with Gasteiger partial charge in [-0.25, -0.2) is 4.79 Å².